The minimum Gasteiger partial charge on any atom is -0.494 e. The van der Waals surface area contributed by atoms with Gasteiger partial charge in [0, 0.05) is 54.3 Å². The Morgan fingerprint density at radius 2 is 1.74 bits per heavy atom. The van der Waals surface area contributed by atoms with Gasteiger partial charge in [0.2, 0.25) is 0 Å². The average Bonchev–Trinajstić information content (AvgIpc) is 3.36. The van der Waals surface area contributed by atoms with Gasteiger partial charge in [-0.05, 0) is 74.9 Å². The number of morpholine rings is 1. The fourth-order valence-corrected chi connectivity index (χ4v) is 6.11. The van der Waals surface area contributed by atoms with Crippen LogP contribution < -0.4 is 10.1 Å². The number of benzene rings is 2. The quantitative estimate of drug-likeness (QED) is 0.162. The molecule has 0 spiro atoms. The first-order chi connectivity index (χ1) is 23.0. The Morgan fingerprint density at radius 3 is 2.49 bits per heavy atom. The van der Waals surface area contributed by atoms with Gasteiger partial charge in [0.05, 0.1) is 37.6 Å². The number of rotatable bonds is 12. The van der Waals surface area contributed by atoms with Gasteiger partial charge in [-0.1, -0.05) is 31.2 Å². The highest BCUT2D eigenvalue weighted by Crippen LogP contribution is 2.32. The van der Waals surface area contributed by atoms with E-state index in [1.54, 1.807) is 24.0 Å². The summed E-state index contributed by atoms with van der Waals surface area (Å²) in [6, 6.07) is 14.1. The predicted octanol–water partition coefficient (Wildman–Crippen LogP) is 7.48. The minimum absolute atomic E-state index is 0.0703. The average molecular weight is 641 g/mol. The fourth-order valence-electron chi connectivity index (χ4n) is 6.11. The van der Waals surface area contributed by atoms with Gasteiger partial charge in [-0.3, -0.25) is 14.6 Å². The Hall–Kier alpha value is -4.41. The number of hydrogen-bond donors (Lipinski definition) is 1. The number of ether oxygens (including phenoxy) is 2. The summed E-state index contributed by atoms with van der Waals surface area (Å²) in [5, 5.41) is 9.37. The van der Waals surface area contributed by atoms with E-state index in [9.17, 15) is 0 Å². The van der Waals surface area contributed by atoms with E-state index in [4.69, 9.17) is 19.6 Å². The minimum atomic E-state index is -0.668. The van der Waals surface area contributed by atoms with Crippen LogP contribution >= 0.6 is 0 Å². The second-order valence-electron chi connectivity index (χ2n) is 11.9. The molecule has 1 fully saturated rings. The van der Waals surface area contributed by atoms with Gasteiger partial charge in [-0.25, -0.2) is 13.8 Å². The Balaban J connectivity index is 1.33. The number of nitrogens with zero attached hydrogens (tertiary/aromatic N) is 5. The molecule has 4 heterocycles. The van der Waals surface area contributed by atoms with E-state index in [2.05, 4.69) is 34.3 Å². The van der Waals surface area contributed by atoms with Gasteiger partial charge in [0.25, 0.3) is 0 Å². The van der Waals surface area contributed by atoms with Crippen molar-refractivity contribution >= 4 is 28.1 Å². The maximum Gasteiger partial charge on any atom is 0.134 e. The van der Waals surface area contributed by atoms with E-state index in [-0.39, 0.29) is 23.8 Å². The van der Waals surface area contributed by atoms with Crippen molar-refractivity contribution in [2.75, 3.05) is 44.8 Å². The Kier molecular flexibility index (Phi) is 10.7. The maximum atomic E-state index is 15.1. The molecule has 6 rings (SSSR count). The topological polar surface area (TPSA) is 76.8 Å². The summed E-state index contributed by atoms with van der Waals surface area (Å²) < 4.78 is 42.8. The number of nitrogens with one attached hydrogen (secondary N) is 1. The van der Waals surface area contributed by atoms with Crippen LogP contribution in [0.1, 0.15) is 50.8 Å². The van der Waals surface area contributed by atoms with Crippen molar-refractivity contribution in [3.63, 3.8) is 0 Å². The summed E-state index contributed by atoms with van der Waals surface area (Å²) in [6.07, 6.45) is 11.9. The van der Waals surface area contributed by atoms with E-state index in [1.807, 2.05) is 36.4 Å². The zero-order valence-electron chi connectivity index (χ0n) is 27.1. The highest BCUT2D eigenvalue weighted by Gasteiger charge is 2.22. The molecule has 0 bridgehead atoms. The lowest BCUT2D eigenvalue weighted by atomic mass is 9.98. The zero-order chi connectivity index (χ0) is 32.6. The van der Waals surface area contributed by atoms with Gasteiger partial charge in [-0.15, -0.1) is 0 Å². The van der Waals surface area contributed by atoms with Crippen molar-refractivity contribution in [2.24, 2.45) is 10.9 Å². The zero-order valence-corrected chi connectivity index (χ0v) is 27.1. The van der Waals surface area contributed by atoms with E-state index < -0.39 is 11.6 Å². The van der Waals surface area contributed by atoms with E-state index in [1.165, 1.54) is 12.1 Å². The number of pyridine rings is 1. The molecule has 47 heavy (non-hydrogen) atoms. The normalized spacial score (nSPS) is 17.2. The predicted molar refractivity (Wildman–Crippen MR) is 183 cm³/mol. The van der Waals surface area contributed by atoms with Crippen LogP contribution in [0.5, 0.6) is 5.75 Å². The molecule has 1 saturated heterocycles. The van der Waals surface area contributed by atoms with Crippen LogP contribution in [-0.2, 0) is 11.3 Å². The first kappa shape index (κ1) is 32.5. The summed E-state index contributed by atoms with van der Waals surface area (Å²) in [5.41, 5.74) is 4.13. The van der Waals surface area contributed by atoms with Gasteiger partial charge < -0.3 is 14.8 Å². The number of fused-ring (bicyclic) bond motifs is 1. The molecule has 1 N–H and O–H groups in total. The van der Waals surface area contributed by atoms with Crippen LogP contribution in [0.4, 0.5) is 14.5 Å². The lowest BCUT2D eigenvalue weighted by molar-refractivity contribution is 0.0372. The number of allylic oxidation sites excluding steroid dienone is 2. The van der Waals surface area contributed by atoms with Crippen LogP contribution in [0.3, 0.4) is 0 Å². The van der Waals surface area contributed by atoms with Crippen LogP contribution in [0.15, 0.2) is 83.6 Å². The first-order valence-corrected chi connectivity index (χ1v) is 16.6. The smallest absolute Gasteiger partial charge is 0.134 e. The van der Waals surface area contributed by atoms with Crippen LogP contribution in [-0.4, -0.2) is 65.0 Å². The molecule has 0 saturated carbocycles. The largest absolute Gasteiger partial charge is 0.494 e. The molecule has 0 radical (unpaired) electrons. The SMILES string of the molecule is CCOc1cc(F)c(Cn2nc(C3=CC(CC)C=C(CCCCN4CCOCC4)C(Nc4ccncc4)=N3)c3ccccc32)c(F)c1. The van der Waals surface area contributed by atoms with Gasteiger partial charge in [-0.2, -0.15) is 5.10 Å². The number of unbranched alkanes of at least 4 members (excludes halogenated alkanes) is 1. The second-order valence-corrected chi connectivity index (χ2v) is 11.9. The Labute approximate surface area is 274 Å². The molecule has 8 nitrogen and oxygen atoms in total. The van der Waals surface area contributed by atoms with Crippen molar-refractivity contribution in [3.05, 3.63) is 102 Å². The maximum absolute atomic E-state index is 15.1. The number of hydrogen-bond acceptors (Lipinski definition) is 7. The summed E-state index contributed by atoms with van der Waals surface area (Å²) in [6.45, 7) is 8.83. The lowest BCUT2D eigenvalue weighted by Gasteiger charge is -2.26. The van der Waals surface area contributed by atoms with Crippen molar-refractivity contribution in [1.29, 1.82) is 0 Å². The van der Waals surface area contributed by atoms with Crippen LogP contribution in [0.2, 0.25) is 0 Å². The van der Waals surface area contributed by atoms with E-state index in [0.29, 0.717) is 12.3 Å². The molecule has 246 valence electrons. The van der Waals surface area contributed by atoms with Crippen molar-refractivity contribution in [1.82, 2.24) is 19.7 Å². The van der Waals surface area contributed by atoms with Gasteiger partial charge in [0.1, 0.15) is 28.9 Å². The molecule has 2 aromatic carbocycles. The number of halogens is 2. The molecule has 2 aromatic heterocycles. The fraction of sp³-hybridized carbons (Fsp3) is 0.378. The van der Waals surface area contributed by atoms with Crippen LogP contribution in [0, 0.1) is 17.6 Å². The second kappa shape index (κ2) is 15.5. The molecule has 0 amide bonds. The third-order valence-corrected chi connectivity index (χ3v) is 8.65. The standard InChI is InChI=1S/C37H42F2N6O2/c1-3-26-21-27(9-7-8-16-44-17-19-46-20-18-44)37(41-28-12-14-40-15-13-28)42-34(22-26)36-30-10-5-6-11-35(30)45(43-36)25-31-32(38)23-29(47-4-2)24-33(31)39/h5-6,10-15,21-24,26H,3-4,7-9,16-20,25H2,1-2H3,(H,40,41,42). The Morgan fingerprint density at radius 1 is 0.979 bits per heavy atom. The lowest BCUT2D eigenvalue weighted by Crippen LogP contribution is -2.36. The number of anilines is 1. The number of amidine groups is 1. The summed E-state index contributed by atoms with van der Waals surface area (Å²) in [5.74, 6) is -0.270. The van der Waals surface area contributed by atoms with Crippen molar-refractivity contribution in [3.8, 4) is 5.75 Å². The summed E-state index contributed by atoms with van der Waals surface area (Å²) >= 11 is 0. The summed E-state index contributed by atoms with van der Waals surface area (Å²) in [7, 11) is 0. The molecular formula is C37H42F2N6O2. The molecule has 2 aliphatic heterocycles. The monoisotopic (exact) mass is 640 g/mol. The van der Waals surface area contributed by atoms with E-state index in [0.717, 1.165) is 92.2 Å². The van der Waals surface area contributed by atoms with Gasteiger partial charge in [0.15, 0.2) is 0 Å². The van der Waals surface area contributed by atoms with Crippen molar-refractivity contribution < 1.29 is 18.3 Å². The molecule has 0 aliphatic carbocycles. The van der Waals surface area contributed by atoms with Gasteiger partial charge >= 0.3 is 0 Å². The highest BCUT2D eigenvalue weighted by atomic mass is 19.1. The third kappa shape index (κ3) is 7.94. The number of aliphatic imine (C=N–C) groups is 1. The molecule has 1 atom stereocenters. The van der Waals surface area contributed by atoms with Crippen LogP contribution in [0.25, 0.3) is 16.6 Å². The molecule has 1 unspecified atom stereocenters. The molecule has 4 aromatic rings. The summed E-state index contributed by atoms with van der Waals surface area (Å²) in [4.78, 5) is 11.9. The Bertz CT molecular complexity index is 1740. The number of aromatic nitrogens is 3. The third-order valence-electron chi connectivity index (χ3n) is 8.65. The first-order valence-electron chi connectivity index (χ1n) is 16.6. The molecule has 2 aliphatic rings. The highest BCUT2D eigenvalue weighted by molar-refractivity contribution is 6.11. The molecular weight excluding hydrogens is 598 g/mol. The molecule has 10 heteroatoms. The number of para-hydroxylation sites is 1. The van der Waals surface area contributed by atoms with E-state index >= 15 is 8.78 Å². The van der Waals surface area contributed by atoms with Crippen molar-refractivity contribution in [2.45, 2.75) is 46.1 Å².